The van der Waals surface area contributed by atoms with Crippen molar-refractivity contribution in [3.05, 3.63) is 22.9 Å². The summed E-state index contributed by atoms with van der Waals surface area (Å²) in [6.45, 7) is 2.25. The van der Waals surface area contributed by atoms with E-state index < -0.39 is 0 Å². The van der Waals surface area contributed by atoms with Crippen molar-refractivity contribution in [2.75, 3.05) is 25.0 Å². The Morgan fingerprint density at radius 1 is 1.53 bits per heavy atom. The van der Waals surface area contributed by atoms with E-state index in [9.17, 15) is 0 Å². The van der Waals surface area contributed by atoms with E-state index in [0.717, 1.165) is 17.6 Å². The first-order valence-electron chi connectivity index (χ1n) is 6.33. The molecule has 3 nitrogen and oxygen atoms in total. The van der Waals surface area contributed by atoms with Gasteiger partial charge in [0.05, 0.1) is 10.2 Å². The Hall–Kier alpha value is -0.610. The Balaban J connectivity index is 2.13. The number of halogens is 1. The summed E-state index contributed by atoms with van der Waals surface area (Å²) in [5.41, 5.74) is 1.29. The molecule has 2 rings (SSSR count). The molecule has 1 aliphatic heterocycles. The van der Waals surface area contributed by atoms with Crippen LogP contribution in [0, 0.1) is 0 Å². The minimum atomic E-state index is 0.662. The summed E-state index contributed by atoms with van der Waals surface area (Å²) in [4.78, 5) is 6.68. The van der Waals surface area contributed by atoms with Crippen LogP contribution in [0.5, 0.6) is 0 Å². The molecule has 1 aliphatic rings. The first-order valence-corrected chi connectivity index (χ1v) is 7.13. The van der Waals surface area contributed by atoms with Gasteiger partial charge < -0.3 is 10.2 Å². The second-order valence-electron chi connectivity index (χ2n) is 4.56. The number of nitrogens with zero attached hydrogens (tertiary/aromatic N) is 2. The molecular formula is C13H20BrN3. The van der Waals surface area contributed by atoms with Crippen LogP contribution in [0.4, 0.5) is 5.69 Å². The lowest BCUT2D eigenvalue weighted by Crippen LogP contribution is -2.41. The summed E-state index contributed by atoms with van der Waals surface area (Å²) in [6, 6.07) is 2.77. The Morgan fingerprint density at radius 3 is 3.18 bits per heavy atom. The third kappa shape index (κ3) is 3.19. The third-order valence-electron chi connectivity index (χ3n) is 3.42. The highest BCUT2D eigenvalue weighted by Gasteiger charge is 2.23. The highest BCUT2D eigenvalue weighted by molar-refractivity contribution is 9.10. The quantitative estimate of drug-likeness (QED) is 0.926. The molecule has 0 saturated carbocycles. The van der Waals surface area contributed by atoms with E-state index in [1.165, 1.54) is 31.4 Å². The van der Waals surface area contributed by atoms with Gasteiger partial charge in [0.15, 0.2) is 0 Å². The van der Waals surface area contributed by atoms with Crippen molar-refractivity contribution in [3.63, 3.8) is 0 Å². The first-order chi connectivity index (χ1) is 8.33. The van der Waals surface area contributed by atoms with Gasteiger partial charge in [-0.05, 0) is 61.3 Å². The summed E-state index contributed by atoms with van der Waals surface area (Å²) in [6.07, 6.45) is 8.93. The van der Waals surface area contributed by atoms with Crippen molar-refractivity contribution in [2.24, 2.45) is 0 Å². The zero-order valence-corrected chi connectivity index (χ0v) is 11.9. The van der Waals surface area contributed by atoms with E-state index >= 15 is 0 Å². The fourth-order valence-corrected chi connectivity index (χ4v) is 3.01. The normalized spacial score (nSPS) is 20.6. The molecule has 0 spiro atoms. The van der Waals surface area contributed by atoms with E-state index in [2.05, 4.69) is 37.2 Å². The lowest BCUT2D eigenvalue weighted by atomic mass is 9.98. The van der Waals surface area contributed by atoms with Crippen molar-refractivity contribution in [2.45, 2.75) is 31.7 Å². The van der Waals surface area contributed by atoms with Gasteiger partial charge in [0.25, 0.3) is 0 Å². The summed E-state index contributed by atoms with van der Waals surface area (Å²) in [5, 5.41) is 3.25. The Bertz CT molecular complexity index is 356. The number of hydrogen-bond acceptors (Lipinski definition) is 3. The molecule has 1 unspecified atom stereocenters. The average Bonchev–Trinajstić information content (AvgIpc) is 2.37. The fraction of sp³-hybridized carbons (Fsp3) is 0.615. The molecule has 0 bridgehead atoms. The molecule has 0 amide bonds. The second-order valence-corrected chi connectivity index (χ2v) is 5.42. The van der Waals surface area contributed by atoms with Crippen molar-refractivity contribution in [1.29, 1.82) is 0 Å². The smallest absolute Gasteiger partial charge is 0.0592 e. The maximum Gasteiger partial charge on any atom is 0.0592 e. The van der Waals surface area contributed by atoms with Gasteiger partial charge in [-0.25, -0.2) is 0 Å². The Morgan fingerprint density at radius 2 is 2.41 bits per heavy atom. The number of pyridine rings is 1. The summed E-state index contributed by atoms with van der Waals surface area (Å²) in [5.74, 6) is 0. The van der Waals surface area contributed by atoms with Gasteiger partial charge in [-0.1, -0.05) is 0 Å². The van der Waals surface area contributed by atoms with Gasteiger partial charge >= 0.3 is 0 Å². The molecular weight excluding hydrogens is 278 g/mol. The molecule has 1 N–H and O–H groups in total. The molecule has 0 aliphatic carbocycles. The van der Waals surface area contributed by atoms with Crippen molar-refractivity contribution in [3.8, 4) is 0 Å². The van der Waals surface area contributed by atoms with Crippen LogP contribution in [-0.4, -0.2) is 31.2 Å². The van der Waals surface area contributed by atoms with E-state index in [-0.39, 0.29) is 0 Å². The van der Waals surface area contributed by atoms with Crippen molar-refractivity contribution >= 4 is 21.6 Å². The number of hydrogen-bond donors (Lipinski definition) is 1. The highest BCUT2D eigenvalue weighted by atomic mass is 79.9. The minimum Gasteiger partial charge on any atom is -0.367 e. The topological polar surface area (TPSA) is 28.2 Å². The van der Waals surface area contributed by atoms with Crippen LogP contribution in [0.1, 0.15) is 25.7 Å². The van der Waals surface area contributed by atoms with Gasteiger partial charge in [0.1, 0.15) is 0 Å². The Kier molecular flexibility index (Phi) is 4.80. The number of nitrogens with one attached hydrogen (secondary N) is 1. The number of piperidine rings is 1. The van der Waals surface area contributed by atoms with E-state index in [4.69, 9.17) is 0 Å². The van der Waals surface area contributed by atoms with Crippen LogP contribution in [0.15, 0.2) is 22.9 Å². The van der Waals surface area contributed by atoms with Crippen LogP contribution in [-0.2, 0) is 0 Å². The summed E-state index contributed by atoms with van der Waals surface area (Å²) < 4.78 is 1.11. The lowest BCUT2D eigenvalue weighted by Gasteiger charge is -2.38. The number of anilines is 1. The largest absolute Gasteiger partial charge is 0.367 e. The van der Waals surface area contributed by atoms with Gasteiger partial charge in [0, 0.05) is 25.0 Å². The standard InChI is InChI=1S/C13H20BrN3/c1-15-7-5-11-4-2-3-9-17(11)13-6-8-16-10-12(13)14/h6,8,10-11,15H,2-5,7,9H2,1H3. The predicted molar refractivity (Wildman–Crippen MR) is 75.5 cm³/mol. The molecule has 4 heteroatoms. The molecule has 2 heterocycles. The van der Waals surface area contributed by atoms with E-state index in [1.54, 1.807) is 0 Å². The molecule has 0 radical (unpaired) electrons. The van der Waals surface area contributed by atoms with Crippen LogP contribution >= 0.6 is 15.9 Å². The molecule has 1 atom stereocenters. The lowest BCUT2D eigenvalue weighted by molar-refractivity contribution is 0.433. The van der Waals surface area contributed by atoms with Crippen LogP contribution in [0.3, 0.4) is 0 Å². The van der Waals surface area contributed by atoms with Crippen molar-refractivity contribution < 1.29 is 0 Å². The average molecular weight is 298 g/mol. The highest BCUT2D eigenvalue weighted by Crippen LogP contribution is 2.31. The van der Waals surface area contributed by atoms with Gasteiger partial charge in [-0.3, -0.25) is 4.98 Å². The van der Waals surface area contributed by atoms with Gasteiger partial charge in [-0.2, -0.15) is 0 Å². The maximum atomic E-state index is 4.14. The predicted octanol–water partition coefficient (Wildman–Crippen LogP) is 2.81. The summed E-state index contributed by atoms with van der Waals surface area (Å²) >= 11 is 3.61. The Labute approximate surface area is 112 Å². The fourth-order valence-electron chi connectivity index (χ4n) is 2.53. The van der Waals surface area contributed by atoms with Gasteiger partial charge in [-0.15, -0.1) is 0 Å². The molecule has 17 heavy (non-hydrogen) atoms. The number of aromatic nitrogens is 1. The third-order valence-corrected chi connectivity index (χ3v) is 4.03. The molecule has 1 saturated heterocycles. The number of rotatable bonds is 4. The maximum absolute atomic E-state index is 4.14. The van der Waals surface area contributed by atoms with Crippen LogP contribution in [0.2, 0.25) is 0 Å². The van der Waals surface area contributed by atoms with E-state index in [1.807, 2.05) is 19.4 Å². The first kappa shape index (κ1) is 12.8. The molecule has 0 aromatic carbocycles. The van der Waals surface area contributed by atoms with Crippen molar-refractivity contribution in [1.82, 2.24) is 10.3 Å². The van der Waals surface area contributed by atoms with Crippen LogP contribution in [0.25, 0.3) is 0 Å². The SMILES string of the molecule is CNCCC1CCCCN1c1ccncc1Br. The molecule has 1 aromatic heterocycles. The molecule has 1 fully saturated rings. The molecule has 1 aromatic rings. The van der Waals surface area contributed by atoms with E-state index in [0.29, 0.717) is 6.04 Å². The zero-order chi connectivity index (χ0) is 12.1. The zero-order valence-electron chi connectivity index (χ0n) is 10.3. The second kappa shape index (κ2) is 6.36. The summed E-state index contributed by atoms with van der Waals surface area (Å²) in [7, 11) is 2.02. The monoisotopic (exact) mass is 297 g/mol. The minimum absolute atomic E-state index is 0.662. The molecule has 94 valence electrons. The van der Waals surface area contributed by atoms with Gasteiger partial charge in [0.2, 0.25) is 0 Å². The van der Waals surface area contributed by atoms with Crippen LogP contribution < -0.4 is 10.2 Å².